The van der Waals surface area contributed by atoms with E-state index >= 15 is 0 Å². The fourth-order valence-electron chi connectivity index (χ4n) is 2.41. The number of rotatable bonds is 5. The van der Waals surface area contributed by atoms with Crippen molar-refractivity contribution in [3.8, 4) is 6.07 Å². The van der Waals surface area contributed by atoms with E-state index in [1.165, 1.54) is 5.56 Å². The second kappa shape index (κ2) is 6.36. The lowest BCUT2D eigenvalue weighted by molar-refractivity contribution is 0.302. The molecule has 1 heterocycles. The van der Waals surface area contributed by atoms with E-state index in [4.69, 9.17) is 5.26 Å². The molecule has 0 saturated heterocycles. The molecule has 0 spiro atoms. The van der Waals surface area contributed by atoms with E-state index in [2.05, 4.69) is 54.2 Å². The SMILES string of the molecule is CC(CN(C)Cc1c(C#N)ncn1C)c1ccccc1. The van der Waals surface area contributed by atoms with Crippen LogP contribution < -0.4 is 0 Å². The number of aryl methyl sites for hydroxylation is 1. The summed E-state index contributed by atoms with van der Waals surface area (Å²) in [6.07, 6.45) is 1.70. The molecule has 20 heavy (non-hydrogen) atoms. The molecule has 1 unspecified atom stereocenters. The number of aromatic nitrogens is 2. The molecular formula is C16H20N4. The van der Waals surface area contributed by atoms with Gasteiger partial charge >= 0.3 is 0 Å². The Morgan fingerprint density at radius 1 is 1.35 bits per heavy atom. The van der Waals surface area contributed by atoms with Gasteiger partial charge in [-0.1, -0.05) is 37.3 Å². The van der Waals surface area contributed by atoms with Gasteiger partial charge in [0, 0.05) is 20.1 Å². The van der Waals surface area contributed by atoms with Crippen molar-refractivity contribution in [2.75, 3.05) is 13.6 Å². The lowest BCUT2D eigenvalue weighted by Crippen LogP contribution is -2.24. The second-order valence-corrected chi connectivity index (χ2v) is 5.27. The van der Waals surface area contributed by atoms with Gasteiger partial charge < -0.3 is 4.57 Å². The van der Waals surface area contributed by atoms with Gasteiger partial charge in [0.15, 0.2) is 5.69 Å². The van der Waals surface area contributed by atoms with Crippen LogP contribution in [0.3, 0.4) is 0 Å². The van der Waals surface area contributed by atoms with E-state index in [0.717, 1.165) is 18.8 Å². The summed E-state index contributed by atoms with van der Waals surface area (Å²) in [6, 6.07) is 12.6. The maximum atomic E-state index is 9.06. The van der Waals surface area contributed by atoms with Crippen LogP contribution in [-0.4, -0.2) is 28.0 Å². The molecule has 0 saturated carbocycles. The Morgan fingerprint density at radius 2 is 2.05 bits per heavy atom. The largest absolute Gasteiger partial charge is 0.335 e. The van der Waals surface area contributed by atoms with E-state index in [1.807, 2.05) is 17.7 Å². The van der Waals surface area contributed by atoms with Crippen LogP contribution in [0.1, 0.15) is 29.8 Å². The van der Waals surface area contributed by atoms with Gasteiger partial charge in [-0.05, 0) is 18.5 Å². The van der Waals surface area contributed by atoms with Gasteiger partial charge in [-0.3, -0.25) is 4.90 Å². The highest BCUT2D eigenvalue weighted by Crippen LogP contribution is 2.17. The second-order valence-electron chi connectivity index (χ2n) is 5.27. The number of hydrogen-bond donors (Lipinski definition) is 0. The molecule has 2 aromatic rings. The summed E-state index contributed by atoms with van der Waals surface area (Å²) in [5, 5.41) is 9.06. The van der Waals surface area contributed by atoms with Crippen molar-refractivity contribution in [3.05, 3.63) is 53.6 Å². The Balaban J connectivity index is 2.01. The standard InChI is InChI=1S/C16H20N4/c1-13(14-7-5-4-6-8-14)10-19(2)11-16-15(9-17)18-12-20(16)3/h4-8,12-13H,10-11H2,1-3H3. The first kappa shape index (κ1) is 14.3. The molecule has 0 radical (unpaired) electrons. The molecule has 0 N–H and O–H groups in total. The normalized spacial score (nSPS) is 12.3. The molecule has 2 rings (SSSR count). The summed E-state index contributed by atoms with van der Waals surface area (Å²) in [6.45, 7) is 3.90. The maximum absolute atomic E-state index is 9.06. The maximum Gasteiger partial charge on any atom is 0.162 e. The molecule has 1 atom stereocenters. The van der Waals surface area contributed by atoms with E-state index < -0.39 is 0 Å². The average Bonchev–Trinajstić information content (AvgIpc) is 2.80. The summed E-state index contributed by atoms with van der Waals surface area (Å²) >= 11 is 0. The highest BCUT2D eigenvalue weighted by molar-refractivity contribution is 5.26. The van der Waals surface area contributed by atoms with Crippen molar-refractivity contribution < 1.29 is 0 Å². The Labute approximate surface area is 120 Å². The first-order valence-corrected chi connectivity index (χ1v) is 6.75. The predicted octanol–water partition coefficient (Wildman–Crippen LogP) is 2.53. The molecule has 0 amide bonds. The summed E-state index contributed by atoms with van der Waals surface area (Å²) in [5.74, 6) is 0.458. The van der Waals surface area contributed by atoms with Crippen molar-refractivity contribution in [1.82, 2.24) is 14.5 Å². The van der Waals surface area contributed by atoms with Gasteiger partial charge in [-0.15, -0.1) is 0 Å². The van der Waals surface area contributed by atoms with Crippen LogP contribution in [-0.2, 0) is 13.6 Å². The highest BCUT2D eigenvalue weighted by Gasteiger charge is 2.13. The smallest absolute Gasteiger partial charge is 0.162 e. The number of imidazole rings is 1. The van der Waals surface area contributed by atoms with Gasteiger partial charge in [-0.25, -0.2) is 4.98 Å². The predicted molar refractivity (Wildman–Crippen MR) is 79.1 cm³/mol. The van der Waals surface area contributed by atoms with Crippen LogP contribution in [0, 0.1) is 11.3 Å². The molecule has 4 nitrogen and oxygen atoms in total. The Bertz CT molecular complexity index is 595. The molecule has 1 aromatic carbocycles. The summed E-state index contributed by atoms with van der Waals surface area (Å²) in [7, 11) is 4.01. The topological polar surface area (TPSA) is 44.9 Å². The minimum atomic E-state index is 0.458. The van der Waals surface area contributed by atoms with Crippen molar-refractivity contribution in [2.45, 2.75) is 19.4 Å². The Morgan fingerprint density at radius 3 is 2.70 bits per heavy atom. The van der Waals surface area contributed by atoms with Gasteiger partial charge in [-0.2, -0.15) is 5.26 Å². The highest BCUT2D eigenvalue weighted by atomic mass is 15.1. The molecule has 0 aliphatic rings. The van der Waals surface area contributed by atoms with Crippen LogP contribution in [0.4, 0.5) is 0 Å². The molecule has 0 aliphatic carbocycles. The van der Waals surface area contributed by atoms with Crippen molar-refractivity contribution in [3.63, 3.8) is 0 Å². The van der Waals surface area contributed by atoms with Crippen molar-refractivity contribution >= 4 is 0 Å². The Hall–Kier alpha value is -2.12. The minimum Gasteiger partial charge on any atom is -0.335 e. The van der Waals surface area contributed by atoms with Crippen molar-refractivity contribution in [1.29, 1.82) is 5.26 Å². The number of likely N-dealkylation sites (N-methyl/N-ethyl adjacent to an activating group) is 1. The van der Waals surface area contributed by atoms with Gasteiger partial charge in [0.2, 0.25) is 0 Å². The van der Waals surface area contributed by atoms with Gasteiger partial charge in [0.05, 0.1) is 12.0 Å². The first-order chi connectivity index (χ1) is 9.61. The molecule has 0 aliphatic heterocycles. The van der Waals surface area contributed by atoms with Crippen LogP contribution in [0.5, 0.6) is 0 Å². The van der Waals surface area contributed by atoms with E-state index in [-0.39, 0.29) is 0 Å². The average molecular weight is 268 g/mol. The first-order valence-electron chi connectivity index (χ1n) is 6.75. The number of benzene rings is 1. The van der Waals surface area contributed by atoms with Crippen LogP contribution in [0.25, 0.3) is 0 Å². The summed E-state index contributed by atoms with van der Waals surface area (Å²) in [4.78, 5) is 6.33. The molecule has 0 bridgehead atoms. The fourth-order valence-corrected chi connectivity index (χ4v) is 2.41. The summed E-state index contributed by atoms with van der Waals surface area (Å²) in [5.41, 5.74) is 2.83. The van der Waals surface area contributed by atoms with E-state index in [9.17, 15) is 0 Å². The third-order valence-electron chi connectivity index (χ3n) is 3.54. The minimum absolute atomic E-state index is 0.458. The van der Waals surface area contributed by atoms with Crippen molar-refractivity contribution in [2.24, 2.45) is 7.05 Å². The van der Waals surface area contributed by atoms with Gasteiger partial charge in [0.25, 0.3) is 0 Å². The molecule has 104 valence electrons. The summed E-state index contributed by atoms with van der Waals surface area (Å²) < 4.78 is 1.92. The molecule has 4 heteroatoms. The zero-order valence-electron chi connectivity index (χ0n) is 12.2. The lowest BCUT2D eigenvalue weighted by atomic mass is 10.0. The van der Waals surface area contributed by atoms with E-state index in [0.29, 0.717) is 11.6 Å². The third-order valence-corrected chi connectivity index (χ3v) is 3.54. The molecule has 1 aromatic heterocycles. The number of hydrogen-bond acceptors (Lipinski definition) is 3. The zero-order chi connectivity index (χ0) is 14.5. The lowest BCUT2D eigenvalue weighted by Gasteiger charge is -2.21. The fraction of sp³-hybridized carbons (Fsp3) is 0.375. The number of nitriles is 1. The Kier molecular flexibility index (Phi) is 4.54. The molecular weight excluding hydrogens is 248 g/mol. The van der Waals surface area contributed by atoms with E-state index in [1.54, 1.807) is 6.33 Å². The number of nitrogens with zero attached hydrogens (tertiary/aromatic N) is 4. The third kappa shape index (κ3) is 3.25. The zero-order valence-corrected chi connectivity index (χ0v) is 12.2. The molecule has 0 fully saturated rings. The van der Waals surface area contributed by atoms with Gasteiger partial charge in [0.1, 0.15) is 6.07 Å². The van der Waals surface area contributed by atoms with Crippen LogP contribution in [0.15, 0.2) is 36.7 Å². The van der Waals surface area contributed by atoms with Crippen LogP contribution in [0.2, 0.25) is 0 Å². The monoisotopic (exact) mass is 268 g/mol. The van der Waals surface area contributed by atoms with Crippen LogP contribution >= 0.6 is 0 Å². The quantitative estimate of drug-likeness (QED) is 0.837.